The molecule has 0 fully saturated rings. The van der Waals surface area contributed by atoms with Gasteiger partial charge in [-0.3, -0.25) is 4.98 Å². The van der Waals surface area contributed by atoms with Crippen molar-refractivity contribution in [3.63, 3.8) is 0 Å². The number of pyridine rings is 1. The summed E-state index contributed by atoms with van der Waals surface area (Å²) < 4.78 is 27.2. The maximum absolute atomic E-state index is 13.8. The minimum atomic E-state index is -1.26. The fourth-order valence-electron chi connectivity index (χ4n) is 1.80. The Morgan fingerprint density at radius 2 is 1.78 bits per heavy atom. The lowest BCUT2D eigenvalue weighted by Gasteiger charge is -2.14. The van der Waals surface area contributed by atoms with Crippen LogP contribution in [-0.2, 0) is 0 Å². The molecule has 2 aromatic rings. The molecule has 0 radical (unpaired) electrons. The van der Waals surface area contributed by atoms with Gasteiger partial charge in [-0.25, -0.2) is 8.78 Å². The molecule has 1 aromatic carbocycles. The van der Waals surface area contributed by atoms with Crippen molar-refractivity contribution in [1.29, 1.82) is 0 Å². The van der Waals surface area contributed by atoms with Crippen LogP contribution in [0.1, 0.15) is 28.5 Å². The summed E-state index contributed by atoms with van der Waals surface area (Å²) in [5.74, 6) is -1.95. The van der Waals surface area contributed by atoms with Gasteiger partial charge in [-0.15, -0.1) is 0 Å². The smallest absolute Gasteiger partial charge is 0.165 e. The number of benzene rings is 1. The monoisotopic (exact) mass is 249 g/mol. The second-order valence-corrected chi connectivity index (χ2v) is 4.21. The molecule has 2 rings (SSSR count). The van der Waals surface area contributed by atoms with Crippen LogP contribution in [0.5, 0.6) is 0 Å². The fraction of sp³-hybridized carbons (Fsp3) is 0.214. The molecule has 0 bridgehead atoms. The zero-order valence-corrected chi connectivity index (χ0v) is 10.1. The molecule has 94 valence electrons. The number of aliphatic hydroxyl groups excluding tert-OH is 1. The molecule has 1 atom stereocenters. The fourth-order valence-corrected chi connectivity index (χ4v) is 1.80. The first-order chi connectivity index (χ1) is 8.52. The Labute approximate surface area is 104 Å². The van der Waals surface area contributed by atoms with Crippen molar-refractivity contribution in [2.75, 3.05) is 0 Å². The predicted octanol–water partition coefficient (Wildman–Crippen LogP) is 3.06. The molecule has 0 aliphatic rings. The van der Waals surface area contributed by atoms with Gasteiger partial charge >= 0.3 is 0 Å². The molecule has 1 N–H and O–H groups in total. The van der Waals surface area contributed by atoms with E-state index in [-0.39, 0.29) is 11.1 Å². The number of aryl methyl sites for hydroxylation is 2. The first-order valence-corrected chi connectivity index (χ1v) is 5.56. The number of hydrogen-bond donors (Lipinski definition) is 1. The molecular weight excluding hydrogens is 236 g/mol. The molecule has 1 unspecified atom stereocenters. The minimum absolute atomic E-state index is 0.0973. The maximum atomic E-state index is 13.8. The summed E-state index contributed by atoms with van der Waals surface area (Å²) in [4.78, 5) is 4.01. The van der Waals surface area contributed by atoms with E-state index in [0.29, 0.717) is 5.69 Å². The van der Waals surface area contributed by atoms with Crippen LogP contribution < -0.4 is 0 Å². The van der Waals surface area contributed by atoms with Crippen LogP contribution in [0.15, 0.2) is 30.5 Å². The molecule has 1 heterocycles. The van der Waals surface area contributed by atoms with Crippen LogP contribution in [0.2, 0.25) is 0 Å². The normalized spacial score (nSPS) is 12.5. The van der Waals surface area contributed by atoms with Gasteiger partial charge in [0.25, 0.3) is 0 Å². The van der Waals surface area contributed by atoms with Crippen LogP contribution in [0.4, 0.5) is 8.78 Å². The highest BCUT2D eigenvalue weighted by atomic mass is 19.2. The first kappa shape index (κ1) is 12.6. The van der Waals surface area contributed by atoms with Crippen molar-refractivity contribution >= 4 is 0 Å². The van der Waals surface area contributed by atoms with Crippen molar-refractivity contribution in [1.82, 2.24) is 4.98 Å². The van der Waals surface area contributed by atoms with Crippen LogP contribution in [0.3, 0.4) is 0 Å². The van der Waals surface area contributed by atoms with E-state index in [9.17, 15) is 13.9 Å². The topological polar surface area (TPSA) is 33.1 Å². The van der Waals surface area contributed by atoms with Gasteiger partial charge in [-0.1, -0.05) is 18.2 Å². The van der Waals surface area contributed by atoms with E-state index >= 15 is 0 Å². The number of aromatic nitrogens is 1. The zero-order valence-electron chi connectivity index (χ0n) is 10.1. The van der Waals surface area contributed by atoms with Gasteiger partial charge in [-0.05, 0) is 31.0 Å². The van der Waals surface area contributed by atoms with Gasteiger partial charge in [0.05, 0.1) is 5.69 Å². The summed E-state index contributed by atoms with van der Waals surface area (Å²) in [6.07, 6.45) is 0.245. The van der Waals surface area contributed by atoms with Crippen molar-refractivity contribution in [3.05, 3.63) is 64.5 Å². The Morgan fingerprint density at radius 3 is 2.44 bits per heavy atom. The molecule has 0 saturated carbocycles. The number of nitrogens with zero attached hydrogens (tertiary/aromatic N) is 1. The average molecular weight is 249 g/mol. The van der Waals surface area contributed by atoms with Crippen molar-refractivity contribution in [3.8, 4) is 0 Å². The third-order valence-electron chi connectivity index (χ3n) is 2.91. The molecule has 18 heavy (non-hydrogen) atoms. The average Bonchev–Trinajstić information content (AvgIpc) is 2.36. The van der Waals surface area contributed by atoms with E-state index in [4.69, 9.17) is 0 Å². The second kappa shape index (κ2) is 4.82. The number of hydrogen-bond acceptors (Lipinski definition) is 2. The van der Waals surface area contributed by atoms with E-state index in [1.165, 1.54) is 25.3 Å². The highest BCUT2D eigenvalue weighted by Gasteiger charge is 2.21. The van der Waals surface area contributed by atoms with E-state index in [1.807, 2.05) is 0 Å². The molecule has 1 aromatic heterocycles. The largest absolute Gasteiger partial charge is 0.382 e. The Balaban J connectivity index is 2.50. The van der Waals surface area contributed by atoms with Crippen molar-refractivity contribution in [2.45, 2.75) is 20.0 Å². The lowest BCUT2D eigenvalue weighted by atomic mass is 10.0. The maximum Gasteiger partial charge on any atom is 0.165 e. The Kier molecular flexibility index (Phi) is 3.39. The molecule has 0 spiro atoms. The van der Waals surface area contributed by atoms with Crippen molar-refractivity contribution in [2.24, 2.45) is 0 Å². The number of rotatable bonds is 2. The van der Waals surface area contributed by atoms with Gasteiger partial charge < -0.3 is 5.11 Å². The van der Waals surface area contributed by atoms with E-state index < -0.39 is 17.7 Å². The molecule has 0 aliphatic heterocycles. The van der Waals surface area contributed by atoms with E-state index in [2.05, 4.69) is 4.98 Å². The molecule has 2 nitrogen and oxygen atoms in total. The van der Waals surface area contributed by atoms with Gasteiger partial charge in [0.2, 0.25) is 0 Å². The Bertz CT molecular complexity index is 584. The van der Waals surface area contributed by atoms with Gasteiger partial charge in [0.1, 0.15) is 6.10 Å². The number of halogens is 2. The third-order valence-corrected chi connectivity index (χ3v) is 2.91. The van der Waals surface area contributed by atoms with Gasteiger partial charge in [0, 0.05) is 11.8 Å². The summed E-state index contributed by atoms with van der Waals surface area (Å²) >= 11 is 0. The lowest BCUT2D eigenvalue weighted by molar-refractivity contribution is 0.207. The Hall–Kier alpha value is -1.81. The summed E-state index contributed by atoms with van der Waals surface area (Å²) in [5.41, 5.74) is 1.17. The summed E-state index contributed by atoms with van der Waals surface area (Å²) in [7, 11) is 0. The summed E-state index contributed by atoms with van der Waals surface area (Å²) in [6, 6.07) is 6.30. The summed E-state index contributed by atoms with van der Waals surface area (Å²) in [6.45, 7) is 3.23. The van der Waals surface area contributed by atoms with E-state index in [0.717, 1.165) is 5.56 Å². The van der Waals surface area contributed by atoms with Gasteiger partial charge in [0.15, 0.2) is 11.6 Å². The number of aliphatic hydroxyl groups is 1. The molecular formula is C14H13F2NO. The molecule has 0 amide bonds. The Morgan fingerprint density at radius 1 is 1.06 bits per heavy atom. The highest BCUT2D eigenvalue weighted by molar-refractivity contribution is 5.33. The van der Waals surface area contributed by atoms with Crippen LogP contribution >= 0.6 is 0 Å². The minimum Gasteiger partial charge on any atom is -0.382 e. The van der Waals surface area contributed by atoms with Crippen LogP contribution in [-0.4, -0.2) is 10.1 Å². The highest BCUT2D eigenvalue weighted by Crippen LogP contribution is 2.27. The van der Waals surface area contributed by atoms with Crippen LogP contribution in [0, 0.1) is 25.5 Å². The SMILES string of the molecule is Cc1cccnc1C(O)c1ccc(C)c(F)c1F. The van der Waals surface area contributed by atoms with Gasteiger partial charge in [-0.2, -0.15) is 0 Å². The predicted molar refractivity (Wildman–Crippen MR) is 64.1 cm³/mol. The quantitative estimate of drug-likeness (QED) is 0.887. The zero-order chi connectivity index (χ0) is 13.3. The van der Waals surface area contributed by atoms with E-state index in [1.54, 1.807) is 19.1 Å². The standard InChI is InChI=1S/C14H13F2NO/c1-8-5-6-10(12(16)11(8)15)14(18)13-9(2)4-3-7-17-13/h3-7,14,18H,1-2H3. The second-order valence-electron chi connectivity index (χ2n) is 4.21. The lowest BCUT2D eigenvalue weighted by Crippen LogP contribution is -2.08. The molecule has 4 heteroatoms. The summed E-state index contributed by atoms with van der Waals surface area (Å²) in [5, 5.41) is 10.1. The van der Waals surface area contributed by atoms with Crippen molar-refractivity contribution < 1.29 is 13.9 Å². The molecule has 0 aliphatic carbocycles. The van der Waals surface area contributed by atoms with Crippen LogP contribution in [0.25, 0.3) is 0 Å². The molecule has 0 saturated heterocycles. The first-order valence-electron chi connectivity index (χ1n) is 5.56. The third kappa shape index (κ3) is 2.11.